The first-order valence-corrected chi connectivity index (χ1v) is 12.4. The highest BCUT2D eigenvalue weighted by Crippen LogP contribution is 2.37. The smallest absolute Gasteiger partial charge is 0.264 e. The molecule has 0 fully saturated rings. The molecule has 0 bridgehead atoms. The van der Waals surface area contributed by atoms with E-state index < -0.39 is 10.0 Å². The SMILES string of the molecule is O=S(=O)(Nc1ncccn1)c1ccc(Nc2ncnc3scc(-c4ccc(Cl)cc4)c23)cc1. The molecule has 0 atom stereocenters. The summed E-state index contributed by atoms with van der Waals surface area (Å²) in [5.74, 6) is 0.632. The van der Waals surface area contributed by atoms with E-state index in [-0.39, 0.29) is 10.8 Å². The predicted molar refractivity (Wildman–Crippen MR) is 130 cm³/mol. The molecule has 2 N–H and O–H groups in total. The van der Waals surface area contributed by atoms with E-state index >= 15 is 0 Å². The molecular formula is C22H15ClN6O2S2. The molecule has 0 unspecified atom stereocenters. The molecule has 0 saturated heterocycles. The Morgan fingerprint density at radius 3 is 2.33 bits per heavy atom. The van der Waals surface area contributed by atoms with Gasteiger partial charge in [0.05, 0.1) is 10.3 Å². The second-order valence-electron chi connectivity index (χ2n) is 6.89. The highest BCUT2D eigenvalue weighted by molar-refractivity contribution is 7.92. The van der Waals surface area contributed by atoms with Crippen LogP contribution in [-0.4, -0.2) is 28.4 Å². The van der Waals surface area contributed by atoms with Gasteiger partial charge < -0.3 is 5.32 Å². The van der Waals surface area contributed by atoms with Crippen molar-refractivity contribution in [1.29, 1.82) is 0 Å². The molecule has 0 aliphatic rings. The molecule has 8 nitrogen and oxygen atoms in total. The Kier molecular flexibility index (Phi) is 5.63. The largest absolute Gasteiger partial charge is 0.340 e. The van der Waals surface area contributed by atoms with Crippen molar-refractivity contribution in [2.45, 2.75) is 4.90 Å². The molecule has 0 aliphatic carbocycles. The minimum absolute atomic E-state index is 0.00951. The molecule has 3 aromatic heterocycles. The predicted octanol–water partition coefficient (Wildman–Crippen LogP) is 5.35. The molecule has 5 rings (SSSR count). The number of sulfonamides is 1. The standard InChI is InChI=1S/C22H15ClN6O2S2/c23-15-4-2-14(3-5-15)18-12-32-21-19(18)20(26-13-27-21)28-16-6-8-17(9-7-16)33(30,31)29-22-24-10-1-11-25-22/h1-13H,(H,24,25,29)(H,26,27,28). The average molecular weight is 495 g/mol. The summed E-state index contributed by atoms with van der Waals surface area (Å²) in [4.78, 5) is 17.5. The number of anilines is 3. The third kappa shape index (κ3) is 4.49. The van der Waals surface area contributed by atoms with E-state index in [0.29, 0.717) is 16.5 Å². The fourth-order valence-corrected chi connectivity index (χ4v) is 5.20. The summed E-state index contributed by atoms with van der Waals surface area (Å²) in [5.41, 5.74) is 2.67. The quantitative estimate of drug-likeness (QED) is 0.327. The van der Waals surface area contributed by atoms with Gasteiger partial charge in [0.1, 0.15) is 17.0 Å². The molecule has 0 amide bonds. The van der Waals surface area contributed by atoms with Crippen molar-refractivity contribution < 1.29 is 8.42 Å². The Balaban J connectivity index is 1.43. The number of halogens is 1. The van der Waals surface area contributed by atoms with Gasteiger partial charge in [0.25, 0.3) is 10.0 Å². The monoisotopic (exact) mass is 494 g/mol. The van der Waals surface area contributed by atoms with Crippen LogP contribution in [-0.2, 0) is 10.0 Å². The van der Waals surface area contributed by atoms with Gasteiger partial charge in [0, 0.05) is 34.0 Å². The van der Waals surface area contributed by atoms with Crippen LogP contribution in [0.25, 0.3) is 21.3 Å². The van der Waals surface area contributed by atoms with Gasteiger partial charge in [0.15, 0.2) is 0 Å². The van der Waals surface area contributed by atoms with Gasteiger partial charge in [-0.05, 0) is 48.0 Å². The van der Waals surface area contributed by atoms with Crippen LogP contribution in [0.3, 0.4) is 0 Å². The van der Waals surface area contributed by atoms with E-state index in [1.807, 2.05) is 29.6 Å². The Labute approximate surface area is 198 Å². The van der Waals surface area contributed by atoms with Crippen molar-refractivity contribution in [2.75, 3.05) is 10.0 Å². The summed E-state index contributed by atoms with van der Waals surface area (Å²) in [6.07, 6.45) is 4.42. The van der Waals surface area contributed by atoms with Crippen molar-refractivity contribution in [1.82, 2.24) is 19.9 Å². The first-order valence-electron chi connectivity index (χ1n) is 9.65. The summed E-state index contributed by atoms with van der Waals surface area (Å²) in [5, 5.41) is 6.84. The maximum Gasteiger partial charge on any atom is 0.264 e. The Morgan fingerprint density at radius 1 is 0.879 bits per heavy atom. The van der Waals surface area contributed by atoms with Gasteiger partial charge in [-0.3, -0.25) is 0 Å². The second kappa shape index (κ2) is 8.74. The minimum atomic E-state index is -3.81. The molecular weight excluding hydrogens is 480 g/mol. The number of hydrogen-bond donors (Lipinski definition) is 2. The molecule has 0 aliphatic heterocycles. The van der Waals surface area contributed by atoms with Crippen LogP contribution >= 0.6 is 22.9 Å². The van der Waals surface area contributed by atoms with Crippen LogP contribution in [0.5, 0.6) is 0 Å². The lowest BCUT2D eigenvalue weighted by atomic mass is 10.1. The number of hydrogen-bond acceptors (Lipinski definition) is 8. The van der Waals surface area contributed by atoms with Crippen LogP contribution in [0.2, 0.25) is 5.02 Å². The van der Waals surface area contributed by atoms with E-state index in [0.717, 1.165) is 21.3 Å². The zero-order chi connectivity index (χ0) is 22.8. The minimum Gasteiger partial charge on any atom is -0.340 e. The maximum atomic E-state index is 12.6. The molecule has 164 valence electrons. The Hall–Kier alpha value is -3.60. The van der Waals surface area contributed by atoms with E-state index in [1.54, 1.807) is 18.2 Å². The summed E-state index contributed by atoms with van der Waals surface area (Å²) in [6.45, 7) is 0. The third-order valence-electron chi connectivity index (χ3n) is 4.74. The number of nitrogens with zero attached hydrogens (tertiary/aromatic N) is 4. The molecule has 0 saturated carbocycles. The van der Waals surface area contributed by atoms with Crippen molar-refractivity contribution in [3.05, 3.63) is 83.7 Å². The van der Waals surface area contributed by atoms with Gasteiger partial charge in [-0.1, -0.05) is 23.7 Å². The Bertz CT molecular complexity index is 1520. The molecule has 0 radical (unpaired) electrons. The lowest BCUT2D eigenvalue weighted by Gasteiger charge is -2.10. The highest BCUT2D eigenvalue weighted by atomic mass is 35.5. The topological polar surface area (TPSA) is 110 Å². The molecule has 3 heterocycles. The van der Waals surface area contributed by atoms with Gasteiger partial charge >= 0.3 is 0 Å². The average Bonchev–Trinajstić information content (AvgIpc) is 3.26. The molecule has 11 heteroatoms. The highest BCUT2D eigenvalue weighted by Gasteiger charge is 2.17. The first-order chi connectivity index (χ1) is 16.0. The zero-order valence-electron chi connectivity index (χ0n) is 16.8. The fraction of sp³-hybridized carbons (Fsp3) is 0. The van der Waals surface area contributed by atoms with Crippen LogP contribution in [0, 0.1) is 0 Å². The maximum absolute atomic E-state index is 12.6. The van der Waals surface area contributed by atoms with E-state index in [4.69, 9.17) is 11.6 Å². The second-order valence-corrected chi connectivity index (χ2v) is 9.86. The molecule has 0 spiro atoms. The number of rotatable bonds is 6. The first kappa shape index (κ1) is 21.3. The van der Waals surface area contributed by atoms with Gasteiger partial charge in [0.2, 0.25) is 5.95 Å². The lowest BCUT2D eigenvalue weighted by Crippen LogP contribution is -2.14. The van der Waals surface area contributed by atoms with Crippen molar-refractivity contribution in [3.63, 3.8) is 0 Å². The van der Waals surface area contributed by atoms with Crippen molar-refractivity contribution in [2.24, 2.45) is 0 Å². The van der Waals surface area contributed by atoms with Crippen molar-refractivity contribution in [3.8, 4) is 11.1 Å². The third-order valence-corrected chi connectivity index (χ3v) is 7.23. The van der Waals surface area contributed by atoms with Gasteiger partial charge in [-0.2, -0.15) is 0 Å². The summed E-state index contributed by atoms with van der Waals surface area (Å²) >= 11 is 7.55. The summed E-state index contributed by atoms with van der Waals surface area (Å²) in [7, 11) is -3.81. The normalized spacial score (nSPS) is 11.4. The lowest BCUT2D eigenvalue weighted by molar-refractivity contribution is 0.601. The number of fused-ring (bicyclic) bond motifs is 1. The summed E-state index contributed by atoms with van der Waals surface area (Å²) in [6, 6.07) is 15.5. The van der Waals surface area contributed by atoms with E-state index in [2.05, 4.69) is 30.0 Å². The van der Waals surface area contributed by atoms with Crippen LogP contribution in [0.4, 0.5) is 17.5 Å². The van der Waals surface area contributed by atoms with Gasteiger partial charge in [-0.25, -0.2) is 33.1 Å². The molecule has 2 aromatic carbocycles. The van der Waals surface area contributed by atoms with E-state index in [1.165, 1.54) is 42.2 Å². The van der Waals surface area contributed by atoms with Crippen LogP contribution in [0.1, 0.15) is 0 Å². The van der Waals surface area contributed by atoms with Crippen molar-refractivity contribution >= 4 is 60.6 Å². The number of nitrogens with one attached hydrogen (secondary N) is 2. The Morgan fingerprint density at radius 2 is 1.61 bits per heavy atom. The molecule has 5 aromatic rings. The van der Waals surface area contributed by atoms with Gasteiger partial charge in [-0.15, -0.1) is 11.3 Å². The number of benzene rings is 2. The van der Waals surface area contributed by atoms with Crippen LogP contribution < -0.4 is 10.0 Å². The fourth-order valence-electron chi connectivity index (χ4n) is 3.20. The molecule has 33 heavy (non-hydrogen) atoms. The number of thiophene rings is 1. The number of aromatic nitrogens is 4. The summed E-state index contributed by atoms with van der Waals surface area (Å²) < 4.78 is 27.5. The van der Waals surface area contributed by atoms with E-state index in [9.17, 15) is 8.42 Å². The zero-order valence-corrected chi connectivity index (χ0v) is 19.2. The van der Waals surface area contributed by atoms with Crippen LogP contribution in [0.15, 0.2) is 83.6 Å².